The minimum Gasteiger partial charge on any atom is -0.447 e. The average Bonchev–Trinajstić information content (AvgIpc) is 2.20. The first-order valence-electron chi connectivity index (χ1n) is 3.99. The number of pyridine rings is 1. The maximum absolute atomic E-state index is 11.0. The van der Waals surface area contributed by atoms with Crippen molar-refractivity contribution in [2.45, 2.75) is 0 Å². The van der Waals surface area contributed by atoms with Crippen LogP contribution in [0.4, 0.5) is 10.5 Å². The maximum Gasteiger partial charge on any atom is 0.411 e. The molecule has 1 aromatic rings. The Bertz CT molecular complexity index is 362. The number of aliphatic hydroxyl groups excluding tert-OH is 1. The van der Waals surface area contributed by atoms with Gasteiger partial charge < -0.3 is 9.84 Å². The monoisotopic (exact) mass is 294 g/mol. The van der Waals surface area contributed by atoms with Gasteiger partial charge in [0.25, 0.3) is 0 Å². The summed E-state index contributed by atoms with van der Waals surface area (Å²) in [4.78, 5) is 14.9. The number of hydrogen-bond acceptors (Lipinski definition) is 4. The quantitative estimate of drug-likeness (QED) is 0.837. The van der Waals surface area contributed by atoms with Crippen LogP contribution in [0.1, 0.15) is 0 Å². The van der Waals surface area contributed by atoms with Crippen molar-refractivity contribution in [1.82, 2.24) is 4.98 Å². The summed E-state index contributed by atoms with van der Waals surface area (Å²) in [5.74, 6) is 0. The topological polar surface area (TPSA) is 71.5 Å². The molecular formula is C8H8BrClN2O3. The third-order valence-corrected chi connectivity index (χ3v) is 2.50. The molecule has 0 aliphatic rings. The van der Waals surface area contributed by atoms with E-state index in [1.54, 1.807) is 6.07 Å². The third kappa shape index (κ3) is 4.03. The van der Waals surface area contributed by atoms with Crippen molar-refractivity contribution in [3.63, 3.8) is 0 Å². The number of hydrogen-bond donors (Lipinski definition) is 2. The smallest absolute Gasteiger partial charge is 0.411 e. The summed E-state index contributed by atoms with van der Waals surface area (Å²) in [5, 5.41) is 11.2. The highest BCUT2D eigenvalue weighted by Gasteiger charge is 2.05. The van der Waals surface area contributed by atoms with Crippen molar-refractivity contribution < 1.29 is 14.6 Å². The van der Waals surface area contributed by atoms with Crippen molar-refractivity contribution >= 4 is 39.3 Å². The lowest BCUT2D eigenvalue weighted by atomic mass is 10.4. The summed E-state index contributed by atoms with van der Waals surface area (Å²) in [6.45, 7) is -0.260. The first-order chi connectivity index (χ1) is 7.13. The molecule has 0 aliphatic heterocycles. The molecule has 0 unspecified atom stereocenters. The van der Waals surface area contributed by atoms with E-state index in [-0.39, 0.29) is 13.2 Å². The van der Waals surface area contributed by atoms with E-state index < -0.39 is 6.09 Å². The number of rotatable bonds is 3. The number of carbonyl (C=O) groups is 1. The fourth-order valence-electron chi connectivity index (χ4n) is 0.782. The molecule has 0 aliphatic carbocycles. The molecule has 1 amide bonds. The van der Waals surface area contributed by atoms with Crippen molar-refractivity contribution in [2.24, 2.45) is 0 Å². The van der Waals surface area contributed by atoms with E-state index in [0.717, 1.165) is 0 Å². The normalized spacial score (nSPS) is 9.80. The number of nitrogens with one attached hydrogen (secondary N) is 1. The number of aromatic nitrogens is 1. The van der Waals surface area contributed by atoms with Gasteiger partial charge in [0, 0.05) is 0 Å². The predicted molar refractivity (Wildman–Crippen MR) is 59.0 cm³/mol. The van der Waals surface area contributed by atoms with Crippen LogP contribution >= 0.6 is 27.5 Å². The van der Waals surface area contributed by atoms with E-state index in [1.807, 2.05) is 0 Å². The first kappa shape index (κ1) is 12.2. The highest BCUT2D eigenvalue weighted by Crippen LogP contribution is 2.22. The first-order valence-corrected chi connectivity index (χ1v) is 5.16. The Morgan fingerprint density at radius 1 is 1.73 bits per heavy atom. The lowest BCUT2D eigenvalue weighted by Gasteiger charge is -2.05. The van der Waals surface area contributed by atoms with Crippen LogP contribution in [0.3, 0.4) is 0 Å². The van der Waals surface area contributed by atoms with Crippen LogP contribution in [-0.2, 0) is 4.74 Å². The van der Waals surface area contributed by atoms with Crippen LogP contribution in [0, 0.1) is 0 Å². The Labute approximate surface area is 99.5 Å². The Morgan fingerprint density at radius 2 is 2.47 bits per heavy atom. The molecule has 0 fully saturated rings. The molecule has 5 nitrogen and oxygen atoms in total. The molecule has 0 radical (unpaired) electrons. The summed E-state index contributed by atoms with van der Waals surface area (Å²) < 4.78 is 5.16. The molecule has 1 aromatic heterocycles. The van der Waals surface area contributed by atoms with Crippen molar-refractivity contribution in [3.05, 3.63) is 21.9 Å². The fourth-order valence-corrected chi connectivity index (χ4v) is 1.23. The Balaban J connectivity index is 2.57. The lowest BCUT2D eigenvalue weighted by Crippen LogP contribution is -2.15. The van der Waals surface area contributed by atoms with E-state index in [9.17, 15) is 4.79 Å². The number of ether oxygens (including phenoxy) is 1. The van der Waals surface area contributed by atoms with Gasteiger partial charge in [-0.15, -0.1) is 0 Å². The second-order valence-electron chi connectivity index (χ2n) is 2.48. The fraction of sp³-hybridized carbons (Fsp3) is 0.250. The number of carbonyl (C=O) groups excluding carboxylic acids is 1. The molecule has 82 valence electrons. The van der Waals surface area contributed by atoms with Crippen LogP contribution in [0.5, 0.6) is 0 Å². The standard InChI is InChI=1S/C8H8BrClN2O3/c9-6-3-5(4-11-7(6)10)12-8(14)15-2-1-13/h3-4,13H,1-2H2,(H,12,14). The van der Waals surface area contributed by atoms with Crippen LogP contribution < -0.4 is 5.32 Å². The van der Waals surface area contributed by atoms with Gasteiger partial charge in [-0.2, -0.15) is 0 Å². The SMILES string of the molecule is O=C(Nc1cnc(Cl)c(Br)c1)OCCO. The summed E-state index contributed by atoms with van der Waals surface area (Å²) in [5.41, 5.74) is 0.453. The highest BCUT2D eigenvalue weighted by molar-refractivity contribution is 9.10. The van der Waals surface area contributed by atoms with Crippen LogP contribution in [0.25, 0.3) is 0 Å². The molecule has 2 N–H and O–H groups in total. The second kappa shape index (κ2) is 5.89. The number of amides is 1. The molecule has 15 heavy (non-hydrogen) atoms. The average molecular weight is 296 g/mol. The molecule has 0 spiro atoms. The molecule has 0 saturated heterocycles. The Kier molecular flexibility index (Phi) is 4.80. The molecule has 0 atom stereocenters. The van der Waals surface area contributed by atoms with Crippen molar-refractivity contribution in [1.29, 1.82) is 0 Å². The largest absolute Gasteiger partial charge is 0.447 e. The zero-order valence-electron chi connectivity index (χ0n) is 7.54. The zero-order valence-corrected chi connectivity index (χ0v) is 9.88. The molecule has 1 heterocycles. The minimum absolute atomic E-state index is 0.0476. The molecule has 7 heteroatoms. The number of aliphatic hydroxyl groups is 1. The molecular weight excluding hydrogens is 287 g/mol. The summed E-state index contributed by atoms with van der Waals surface area (Å²) >= 11 is 8.83. The van der Waals surface area contributed by atoms with Crippen LogP contribution in [0.15, 0.2) is 16.7 Å². The van der Waals surface area contributed by atoms with Crippen LogP contribution in [-0.4, -0.2) is 29.4 Å². The number of halogens is 2. The van der Waals surface area contributed by atoms with E-state index in [2.05, 4.69) is 31.0 Å². The van der Waals surface area contributed by atoms with E-state index in [4.69, 9.17) is 16.7 Å². The van der Waals surface area contributed by atoms with Gasteiger partial charge in [-0.05, 0) is 22.0 Å². The third-order valence-electron chi connectivity index (χ3n) is 1.37. The number of nitrogens with zero attached hydrogens (tertiary/aromatic N) is 1. The second-order valence-corrected chi connectivity index (χ2v) is 3.69. The Hall–Kier alpha value is -0.850. The van der Waals surface area contributed by atoms with E-state index >= 15 is 0 Å². The summed E-state index contributed by atoms with van der Waals surface area (Å²) in [6, 6.07) is 1.59. The van der Waals surface area contributed by atoms with Crippen LogP contribution in [0.2, 0.25) is 5.15 Å². The molecule has 0 bridgehead atoms. The maximum atomic E-state index is 11.0. The van der Waals surface area contributed by atoms with Gasteiger partial charge >= 0.3 is 6.09 Å². The van der Waals surface area contributed by atoms with Gasteiger partial charge in [0.05, 0.1) is 23.0 Å². The zero-order chi connectivity index (χ0) is 11.3. The summed E-state index contributed by atoms with van der Waals surface area (Å²) in [7, 11) is 0. The van der Waals surface area contributed by atoms with Crippen molar-refractivity contribution in [2.75, 3.05) is 18.5 Å². The number of anilines is 1. The molecule has 1 rings (SSSR count). The van der Waals surface area contributed by atoms with Gasteiger partial charge in [-0.1, -0.05) is 11.6 Å². The van der Waals surface area contributed by atoms with Gasteiger partial charge in [-0.25, -0.2) is 9.78 Å². The molecule has 0 saturated carbocycles. The van der Waals surface area contributed by atoms with Gasteiger partial charge in [-0.3, -0.25) is 5.32 Å². The van der Waals surface area contributed by atoms with E-state index in [1.165, 1.54) is 6.20 Å². The molecule has 0 aromatic carbocycles. The lowest BCUT2D eigenvalue weighted by molar-refractivity contribution is 0.131. The van der Waals surface area contributed by atoms with Gasteiger partial charge in [0.2, 0.25) is 0 Å². The van der Waals surface area contributed by atoms with Crippen molar-refractivity contribution in [3.8, 4) is 0 Å². The highest BCUT2D eigenvalue weighted by atomic mass is 79.9. The van der Waals surface area contributed by atoms with Gasteiger partial charge in [0.15, 0.2) is 0 Å². The van der Waals surface area contributed by atoms with Gasteiger partial charge in [0.1, 0.15) is 11.8 Å². The van der Waals surface area contributed by atoms with E-state index in [0.29, 0.717) is 15.3 Å². The minimum atomic E-state index is -0.653. The predicted octanol–water partition coefficient (Wildman–Crippen LogP) is 2.04. The summed E-state index contributed by atoms with van der Waals surface area (Å²) in [6.07, 6.45) is 0.743. The Morgan fingerprint density at radius 3 is 3.07 bits per heavy atom.